The van der Waals surface area contributed by atoms with Gasteiger partial charge < -0.3 is 4.57 Å². The Morgan fingerprint density at radius 3 is 1.28 bits per heavy atom. The molecule has 11 aromatic rings. The second-order valence-electron chi connectivity index (χ2n) is 19.0. The summed E-state index contributed by atoms with van der Waals surface area (Å²) < 4.78 is 4.73. The normalized spacial score (nSPS) is 12.2. The summed E-state index contributed by atoms with van der Waals surface area (Å²) >= 11 is 0. The molecule has 310 valence electrons. The van der Waals surface area contributed by atoms with Gasteiger partial charge in [0, 0.05) is 38.4 Å². The van der Waals surface area contributed by atoms with Gasteiger partial charge in [-0.25, -0.2) is 4.98 Å². The zero-order valence-corrected chi connectivity index (χ0v) is 37.1. The summed E-state index contributed by atoms with van der Waals surface area (Å²) in [5, 5.41) is 4.71. The number of benzene rings is 8. The number of para-hydroxylation sites is 1. The number of fused-ring (bicyclic) bond motifs is 7. The third-order valence-corrected chi connectivity index (χ3v) is 12.7. The highest BCUT2D eigenvalue weighted by atomic mass is 15.2. The molecule has 0 aliphatic heterocycles. The van der Waals surface area contributed by atoms with Crippen molar-refractivity contribution in [3.05, 3.63) is 199 Å². The van der Waals surface area contributed by atoms with E-state index in [0.717, 1.165) is 60.8 Å². The SMILES string of the molecule is CC(C)(C)c1ccc2c(c1)c1ccc3c4cc(C(C)(C)C)ccc4n(-c4nc(-c5ccccc5)nc(-c5ccc(-c6cccc(-c7ccccc7)c6)cc5)n4)c3c1n2-c1ccccc1. The lowest BCUT2D eigenvalue weighted by Gasteiger charge is -2.19. The van der Waals surface area contributed by atoms with Gasteiger partial charge in [0.15, 0.2) is 11.6 Å². The largest absolute Gasteiger partial charge is 0.307 e. The van der Waals surface area contributed by atoms with Crippen molar-refractivity contribution in [2.75, 3.05) is 0 Å². The van der Waals surface area contributed by atoms with Gasteiger partial charge in [0.1, 0.15) is 0 Å². The van der Waals surface area contributed by atoms with Crippen molar-refractivity contribution < 1.29 is 0 Å². The van der Waals surface area contributed by atoms with Gasteiger partial charge in [0.2, 0.25) is 5.95 Å². The number of aromatic nitrogens is 5. The molecule has 0 fully saturated rings. The fourth-order valence-electron chi connectivity index (χ4n) is 9.22. The highest BCUT2D eigenvalue weighted by Crippen LogP contribution is 2.43. The fourth-order valence-corrected chi connectivity index (χ4v) is 9.22. The van der Waals surface area contributed by atoms with E-state index >= 15 is 0 Å². The summed E-state index contributed by atoms with van der Waals surface area (Å²) in [5.74, 6) is 1.80. The molecule has 5 heteroatoms. The molecule has 0 radical (unpaired) electrons. The summed E-state index contributed by atoms with van der Waals surface area (Å²) in [4.78, 5) is 16.0. The lowest BCUT2D eigenvalue weighted by Crippen LogP contribution is -2.11. The minimum Gasteiger partial charge on any atom is -0.307 e. The van der Waals surface area contributed by atoms with Gasteiger partial charge in [-0.3, -0.25) is 4.57 Å². The fraction of sp³-hybridized carbons (Fsp3) is 0.136. The van der Waals surface area contributed by atoms with E-state index in [1.807, 2.05) is 18.2 Å². The first kappa shape index (κ1) is 39.2. The third kappa shape index (κ3) is 6.76. The lowest BCUT2D eigenvalue weighted by atomic mass is 9.86. The highest BCUT2D eigenvalue weighted by molar-refractivity contribution is 6.24. The zero-order valence-electron chi connectivity index (χ0n) is 37.1. The van der Waals surface area contributed by atoms with Gasteiger partial charge in [-0.15, -0.1) is 0 Å². The maximum Gasteiger partial charge on any atom is 0.238 e. The Kier molecular flexibility index (Phi) is 9.21. The van der Waals surface area contributed by atoms with Crippen LogP contribution in [0.5, 0.6) is 0 Å². The van der Waals surface area contributed by atoms with Crippen molar-refractivity contribution in [3.8, 4) is 56.7 Å². The Bertz CT molecular complexity index is 3530. The van der Waals surface area contributed by atoms with Crippen LogP contribution in [0.15, 0.2) is 188 Å². The van der Waals surface area contributed by atoms with Crippen LogP contribution in [-0.4, -0.2) is 24.1 Å². The quantitative estimate of drug-likeness (QED) is 0.168. The Morgan fingerprint density at radius 1 is 0.328 bits per heavy atom. The summed E-state index contributed by atoms with van der Waals surface area (Å²) in [7, 11) is 0. The molecule has 0 amide bonds. The number of hydrogen-bond donors (Lipinski definition) is 0. The first-order chi connectivity index (χ1) is 31.0. The summed E-state index contributed by atoms with van der Waals surface area (Å²) in [6, 6.07) is 67.4. The van der Waals surface area contributed by atoms with Crippen molar-refractivity contribution in [1.29, 1.82) is 0 Å². The molecule has 0 N–H and O–H groups in total. The van der Waals surface area contributed by atoms with Crippen LogP contribution in [0, 0.1) is 0 Å². The average Bonchev–Trinajstić information content (AvgIpc) is 3.84. The van der Waals surface area contributed by atoms with E-state index in [2.05, 4.69) is 221 Å². The van der Waals surface area contributed by atoms with E-state index in [4.69, 9.17) is 15.0 Å². The number of rotatable bonds is 6. The predicted octanol–water partition coefficient (Wildman–Crippen LogP) is 15.3. The average molecular weight is 828 g/mol. The zero-order chi connectivity index (χ0) is 43.7. The van der Waals surface area contributed by atoms with E-state index in [1.54, 1.807) is 0 Å². The Hall–Kier alpha value is -7.63. The maximum absolute atomic E-state index is 5.44. The van der Waals surface area contributed by atoms with Gasteiger partial charge in [0.05, 0.1) is 22.1 Å². The number of nitrogens with zero attached hydrogens (tertiary/aromatic N) is 5. The van der Waals surface area contributed by atoms with E-state index in [0.29, 0.717) is 17.6 Å². The van der Waals surface area contributed by atoms with Gasteiger partial charge in [0.25, 0.3) is 0 Å². The van der Waals surface area contributed by atoms with Crippen LogP contribution in [0.3, 0.4) is 0 Å². The molecule has 0 atom stereocenters. The molecular weight excluding hydrogens is 779 g/mol. The molecule has 3 heterocycles. The second kappa shape index (κ2) is 15.0. The standard InChI is InChI=1S/C59H49N5/c1-58(2,3)44-29-33-51-49(36-44)47-31-32-48-50-37-45(59(4,5)6)30-34-52(50)64(54(48)53(47)63(51)46-23-14-9-15-24-46)57-61-55(40-19-12-8-13-20-40)60-56(62-57)41-27-25-39(26-28-41)43-22-16-21-42(35-43)38-17-10-7-11-18-38/h7-37H,1-6H3. The third-order valence-electron chi connectivity index (χ3n) is 12.7. The van der Waals surface area contributed by atoms with Crippen LogP contribution in [-0.2, 0) is 10.8 Å². The molecule has 0 saturated carbocycles. The van der Waals surface area contributed by atoms with Crippen molar-refractivity contribution in [1.82, 2.24) is 24.1 Å². The maximum atomic E-state index is 5.44. The lowest BCUT2D eigenvalue weighted by molar-refractivity contribution is 0.591. The smallest absolute Gasteiger partial charge is 0.238 e. The van der Waals surface area contributed by atoms with E-state index < -0.39 is 0 Å². The molecule has 0 spiro atoms. The molecule has 0 bridgehead atoms. The molecule has 0 aliphatic carbocycles. The van der Waals surface area contributed by atoms with Crippen LogP contribution >= 0.6 is 0 Å². The van der Waals surface area contributed by atoms with Crippen LogP contribution in [0.1, 0.15) is 52.7 Å². The Balaban J connectivity index is 1.19. The van der Waals surface area contributed by atoms with Gasteiger partial charge in [-0.2, -0.15) is 9.97 Å². The van der Waals surface area contributed by atoms with Crippen LogP contribution in [0.4, 0.5) is 0 Å². The molecule has 0 saturated heterocycles. The number of hydrogen-bond acceptors (Lipinski definition) is 3. The summed E-state index contributed by atoms with van der Waals surface area (Å²) in [6.07, 6.45) is 0. The first-order valence-electron chi connectivity index (χ1n) is 22.2. The van der Waals surface area contributed by atoms with E-state index in [-0.39, 0.29) is 10.8 Å². The molecule has 11 rings (SSSR count). The monoisotopic (exact) mass is 827 g/mol. The highest BCUT2D eigenvalue weighted by Gasteiger charge is 2.26. The molecule has 8 aromatic carbocycles. The van der Waals surface area contributed by atoms with Crippen molar-refractivity contribution >= 4 is 43.6 Å². The minimum absolute atomic E-state index is 0.0166. The van der Waals surface area contributed by atoms with Crippen molar-refractivity contribution in [3.63, 3.8) is 0 Å². The predicted molar refractivity (Wildman–Crippen MR) is 268 cm³/mol. The van der Waals surface area contributed by atoms with Gasteiger partial charge >= 0.3 is 0 Å². The summed E-state index contributed by atoms with van der Waals surface area (Å²) in [5.41, 5.74) is 14.5. The first-order valence-corrected chi connectivity index (χ1v) is 22.2. The summed E-state index contributed by atoms with van der Waals surface area (Å²) in [6.45, 7) is 13.7. The second-order valence-corrected chi connectivity index (χ2v) is 19.0. The minimum atomic E-state index is -0.0507. The van der Waals surface area contributed by atoms with Crippen molar-refractivity contribution in [2.45, 2.75) is 52.4 Å². The molecular formula is C59H49N5. The molecule has 5 nitrogen and oxygen atoms in total. The Labute approximate surface area is 374 Å². The van der Waals surface area contributed by atoms with Crippen LogP contribution in [0.25, 0.3) is 100 Å². The van der Waals surface area contributed by atoms with Crippen LogP contribution < -0.4 is 0 Å². The Morgan fingerprint density at radius 2 is 0.750 bits per heavy atom. The van der Waals surface area contributed by atoms with E-state index in [9.17, 15) is 0 Å². The molecule has 0 unspecified atom stereocenters. The molecule has 64 heavy (non-hydrogen) atoms. The molecule has 3 aromatic heterocycles. The van der Waals surface area contributed by atoms with Gasteiger partial charge in [-0.05, 0) is 86.7 Å². The van der Waals surface area contributed by atoms with Gasteiger partial charge in [-0.1, -0.05) is 187 Å². The van der Waals surface area contributed by atoms with Crippen molar-refractivity contribution in [2.24, 2.45) is 0 Å². The van der Waals surface area contributed by atoms with E-state index in [1.165, 1.54) is 33.0 Å². The topological polar surface area (TPSA) is 48.5 Å². The van der Waals surface area contributed by atoms with Crippen LogP contribution in [0.2, 0.25) is 0 Å². The molecule has 0 aliphatic rings.